The summed E-state index contributed by atoms with van der Waals surface area (Å²) in [5.41, 5.74) is 4.26. The Morgan fingerprint density at radius 2 is 1.29 bits per heavy atom. The summed E-state index contributed by atoms with van der Waals surface area (Å²) in [5, 5.41) is 31.2. The van der Waals surface area contributed by atoms with Crippen LogP contribution in [0.2, 0.25) is 0 Å². The van der Waals surface area contributed by atoms with Gasteiger partial charge in [-0.1, -0.05) is 0 Å². The van der Waals surface area contributed by atoms with Crippen LogP contribution in [-0.4, -0.2) is 101 Å². The minimum Gasteiger partial charge on any atom is -0.480 e. The molecule has 0 bridgehead atoms. The molecule has 0 spiro atoms. The smallest absolute Gasteiger partial charge is 0.407 e. The number of carbonyl (C=O) groups excluding carboxylic acids is 5. The van der Waals surface area contributed by atoms with Crippen LogP contribution >= 0.6 is 0 Å². The summed E-state index contributed by atoms with van der Waals surface area (Å²) in [6, 6.07) is -3.77. The molecule has 0 saturated heterocycles. The maximum absolute atomic E-state index is 13.6. The van der Waals surface area contributed by atoms with Crippen LogP contribution in [0.15, 0.2) is 18.2 Å². The molecule has 1 aromatic carbocycles. The number of rotatable bonds is 15. The van der Waals surface area contributed by atoms with Crippen LogP contribution < -0.4 is 32.3 Å². The molecule has 0 aliphatic carbocycles. The molecule has 18 heteroatoms. The number of carboxylic acids is 1. The van der Waals surface area contributed by atoms with Gasteiger partial charge in [0.05, 0.1) is 18.7 Å². The first-order valence-corrected chi connectivity index (χ1v) is 14.9. The third kappa shape index (κ3) is 16.3. The van der Waals surface area contributed by atoms with Gasteiger partial charge in [-0.3, -0.25) is 14.4 Å². The van der Waals surface area contributed by atoms with Crippen LogP contribution in [0, 0.1) is 11.6 Å². The van der Waals surface area contributed by atoms with Gasteiger partial charge in [0.2, 0.25) is 17.7 Å². The van der Waals surface area contributed by atoms with E-state index in [0.29, 0.717) is 6.07 Å². The predicted molar refractivity (Wildman–Crippen MR) is 166 cm³/mol. The van der Waals surface area contributed by atoms with Crippen LogP contribution in [0.3, 0.4) is 0 Å². The second-order valence-electron chi connectivity index (χ2n) is 12.9. The van der Waals surface area contributed by atoms with E-state index in [4.69, 9.17) is 15.2 Å². The largest absolute Gasteiger partial charge is 0.480 e. The summed E-state index contributed by atoms with van der Waals surface area (Å²) < 4.78 is 37.4. The van der Waals surface area contributed by atoms with Gasteiger partial charge in [0, 0.05) is 12.6 Å². The van der Waals surface area contributed by atoms with Gasteiger partial charge in [-0.05, 0) is 79.0 Å². The molecule has 1 aromatic rings. The van der Waals surface area contributed by atoms with Gasteiger partial charge in [-0.2, -0.15) is 0 Å². The first kappa shape index (κ1) is 41.4. The monoisotopic (exact) mass is 688 g/mol. The molecule has 0 radical (unpaired) electrons. The van der Waals surface area contributed by atoms with Crippen molar-refractivity contribution >= 4 is 35.9 Å². The highest BCUT2D eigenvalue weighted by atomic mass is 19.1. The van der Waals surface area contributed by atoms with Gasteiger partial charge < -0.3 is 52.0 Å². The molecule has 0 saturated carbocycles. The van der Waals surface area contributed by atoms with Gasteiger partial charge in [-0.15, -0.1) is 0 Å². The summed E-state index contributed by atoms with van der Waals surface area (Å²) in [5.74, 6) is -6.47. The quantitative estimate of drug-likeness (QED) is 0.124. The molecule has 48 heavy (non-hydrogen) atoms. The van der Waals surface area contributed by atoms with Crippen molar-refractivity contribution < 1.29 is 57.2 Å². The first-order valence-electron chi connectivity index (χ1n) is 14.9. The molecule has 16 nitrogen and oxygen atoms in total. The van der Waals surface area contributed by atoms with Gasteiger partial charge in [0.1, 0.15) is 41.0 Å². The van der Waals surface area contributed by atoms with Crippen molar-refractivity contribution in [2.24, 2.45) is 5.73 Å². The fourth-order valence-electron chi connectivity index (χ4n) is 3.88. The average Bonchev–Trinajstić information content (AvgIpc) is 2.90. The van der Waals surface area contributed by atoms with E-state index in [0.717, 1.165) is 19.1 Å². The molecule has 270 valence electrons. The molecular weight excluding hydrogens is 642 g/mol. The highest BCUT2D eigenvalue weighted by molar-refractivity contribution is 5.94. The molecule has 0 unspecified atom stereocenters. The van der Waals surface area contributed by atoms with E-state index >= 15 is 0 Å². The Morgan fingerprint density at radius 3 is 1.77 bits per heavy atom. The summed E-state index contributed by atoms with van der Waals surface area (Å²) in [6.07, 6.45) is -3.99. The zero-order valence-electron chi connectivity index (χ0n) is 27.9. The van der Waals surface area contributed by atoms with Crippen molar-refractivity contribution in [3.8, 4) is 0 Å². The first-order chi connectivity index (χ1) is 22.0. The lowest BCUT2D eigenvalue weighted by Crippen LogP contribution is -2.61. The van der Waals surface area contributed by atoms with E-state index in [1.54, 1.807) is 41.5 Å². The molecule has 0 heterocycles. The zero-order valence-corrected chi connectivity index (χ0v) is 27.9. The molecular formula is C30H46F2N6O10. The Balaban J connectivity index is 3.10. The number of carbonyl (C=O) groups is 6. The fourth-order valence-corrected chi connectivity index (χ4v) is 3.88. The van der Waals surface area contributed by atoms with Gasteiger partial charge >= 0.3 is 18.2 Å². The third-order valence-corrected chi connectivity index (χ3v) is 5.98. The Labute approximate surface area is 276 Å². The predicted octanol–water partition coefficient (Wildman–Crippen LogP) is 0.194. The van der Waals surface area contributed by atoms with Crippen LogP contribution in [0.5, 0.6) is 0 Å². The summed E-state index contributed by atoms with van der Waals surface area (Å²) in [4.78, 5) is 75.1. The number of aliphatic hydroxyl groups excluding tert-OH is 1. The normalized spacial score (nSPS) is 14.6. The highest BCUT2D eigenvalue weighted by Crippen LogP contribution is 2.11. The highest BCUT2D eigenvalue weighted by Gasteiger charge is 2.33. The number of aliphatic hydroxyl groups is 1. The van der Waals surface area contributed by atoms with Crippen LogP contribution in [0.4, 0.5) is 18.4 Å². The van der Waals surface area contributed by atoms with Crippen molar-refractivity contribution in [3.63, 3.8) is 0 Å². The maximum Gasteiger partial charge on any atom is 0.407 e. The van der Waals surface area contributed by atoms with Crippen molar-refractivity contribution in [2.75, 3.05) is 13.1 Å². The summed E-state index contributed by atoms with van der Waals surface area (Å²) in [6.45, 7) is 9.91. The van der Waals surface area contributed by atoms with Crippen LogP contribution in [0.1, 0.15) is 60.5 Å². The number of amides is 5. The van der Waals surface area contributed by atoms with Crippen LogP contribution in [-0.2, 0) is 35.1 Å². The number of nitrogens with one attached hydrogen (secondary N) is 5. The molecule has 1 rings (SSSR count). The zero-order chi connectivity index (χ0) is 37.0. The van der Waals surface area contributed by atoms with E-state index in [1.165, 1.54) is 0 Å². The second-order valence-corrected chi connectivity index (χ2v) is 12.9. The number of aliphatic carboxylic acids is 1. The Hall–Kier alpha value is -4.58. The van der Waals surface area contributed by atoms with Crippen molar-refractivity contribution in [2.45, 2.75) is 103 Å². The molecule has 0 fully saturated rings. The van der Waals surface area contributed by atoms with Crippen molar-refractivity contribution in [1.82, 2.24) is 26.6 Å². The topological polar surface area (TPSA) is 248 Å². The van der Waals surface area contributed by atoms with E-state index in [9.17, 15) is 47.8 Å². The lowest BCUT2D eigenvalue weighted by Gasteiger charge is -2.27. The second kappa shape index (κ2) is 18.1. The number of nitrogens with two attached hydrogens (primary N) is 1. The molecule has 0 aromatic heterocycles. The van der Waals surface area contributed by atoms with Crippen molar-refractivity contribution in [3.05, 3.63) is 35.4 Å². The number of hydrogen-bond acceptors (Lipinski definition) is 10. The number of hydrogen-bond donors (Lipinski definition) is 8. The van der Waals surface area contributed by atoms with E-state index in [1.807, 2.05) is 0 Å². The number of benzene rings is 1. The average molecular weight is 689 g/mol. The minimum atomic E-state index is -1.76. The SMILES string of the molecule is C[C@@H](O)[C@H](NC(=O)[C@H](CCNC(=O)OC(C)(C)C)NC(=O)[C@@H](N)Cc1cc(F)cc(F)c1)C(=O)N[C@@H](CNC(=O)OC(C)(C)C)C(=O)O. The molecule has 5 amide bonds. The van der Waals surface area contributed by atoms with E-state index in [2.05, 4.69) is 26.6 Å². The third-order valence-electron chi connectivity index (χ3n) is 5.98. The molecule has 0 aliphatic rings. The molecule has 9 N–H and O–H groups in total. The van der Waals surface area contributed by atoms with Gasteiger partial charge in [-0.25, -0.2) is 23.2 Å². The maximum atomic E-state index is 13.6. The van der Waals surface area contributed by atoms with Gasteiger partial charge in [0.25, 0.3) is 0 Å². The van der Waals surface area contributed by atoms with Crippen LogP contribution in [0.25, 0.3) is 0 Å². The minimum absolute atomic E-state index is 0.0581. The van der Waals surface area contributed by atoms with E-state index in [-0.39, 0.29) is 24.9 Å². The number of alkyl carbamates (subject to hydrolysis) is 2. The van der Waals surface area contributed by atoms with E-state index < -0.39 is 95.5 Å². The Kier molecular flexibility index (Phi) is 15.6. The number of carboxylic acid groups (broad SMARTS) is 1. The summed E-state index contributed by atoms with van der Waals surface area (Å²) in [7, 11) is 0. The summed E-state index contributed by atoms with van der Waals surface area (Å²) >= 11 is 0. The lowest BCUT2D eigenvalue weighted by molar-refractivity contribution is -0.143. The standard InChI is InChI=1S/C30H46F2N6O10/c1-15(39)22(25(42)37-21(26(43)44)14-35-28(46)48-30(5,6)7)38-24(41)20(8-9-34-27(45)47-29(2,3)4)36-23(40)19(33)12-16-10-17(31)13-18(32)11-16/h10-11,13,15,19-22,39H,8-9,12,14,33H2,1-7H3,(H,34,45)(H,35,46)(H,36,40)(H,37,42)(H,38,41)(H,43,44)/t15-,19+,20+,21+,22+/m1/s1. The Bertz CT molecular complexity index is 1300. The van der Waals surface area contributed by atoms with Crippen molar-refractivity contribution in [1.29, 1.82) is 0 Å². The number of ether oxygens (including phenoxy) is 2. The fraction of sp³-hybridized carbons (Fsp3) is 0.600. The number of halogens is 2. The molecule has 0 aliphatic heterocycles. The lowest BCUT2D eigenvalue weighted by atomic mass is 10.0. The Morgan fingerprint density at radius 1 is 0.792 bits per heavy atom. The van der Waals surface area contributed by atoms with Gasteiger partial charge in [0.15, 0.2) is 0 Å². The molecule has 5 atom stereocenters.